The molecule has 0 aromatic heterocycles. The lowest BCUT2D eigenvalue weighted by Crippen LogP contribution is -2.21. The van der Waals surface area contributed by atoms with E-state index in [-0.39, 0.29) is 51.0 Å². The molecule has 13 heteroatoms. The van der Waals surface area contributed by atoms with Crippen molar-refractivity contribution in [1.82, 2.24) is 0 Å². The number of rotatable bonds is 28. The van der Waals surface area contributed by atoms with E-state index >= 15 is 0 Å². The van der Waals surface area contributed by atoms with E-state index in [1.807, 2.05) is 0 Å². The molecule has 1 N–H and O–H groups in total. The molecule has 0 spiro atoms. The largest absolute Gasteiger partial charge is 0.481 e. The summed E-state index contributed by atoms with van der Waals surface area (Å²) in [6.07, 6.45) is 5.02. The van der Waals surface area contributed by atoms with Gasteiger partial charge in [0.15, 0.2) is 9.84 Å². The molecule has 0 aliphatic carbocycles. The molecular weight excluding hydrogens is 488 g/mol. The molecule has 0 aliphatic heterocycles. The fourth-order valence-electron chi connectivity index (χ4n) is 2.19. The molecule has 35 heavy (non-hydrogen) atoms. The predicted molar refractivity (Wildman–Crippen MR) is 126 cm³/mol. The van der Waals surface area contributed by atoms with Crippen LogP contribution in [0.15, 0.2) is 0 Å². The average molecular weight is 529 g/mol. The van der Waals surface area contributed by atoms with Crippen molar-refractivity contribution in [3.63, 3.8) is 0 Å². The van der Waals surface area contributed by atoms with E-state index in [0.717, 1.165) is 0 Å². The molecule has 0 unspecified atom stereocenters. The number of terminal acetylenes is 1. The summed E-state index contributed by atoms with van der Waals surface area (Å²) in [5, 5.41) is 8.45. The van der Waals surface area contributed by atoms with Crippen LogP contribution in [0.5, 0.6) is 0 Å². The molecule has 0 saturated heterocycles. The fraction of sp³-hybridized carbons (Fsp3) is 0.864. The van der Waals surface area contributed by atoms with Crippen LogP contribution in [0.25, 0.3) is 0 Å². The average Bonchev–Trinajstić information content (AvgIpc) is 2.82. The second-order valence-corrected chi connectivity index (χ2v) is 9.14. The van der Waals surface area contributed by atoms with Gasteiger partial charge in [-0.25, -0.2) is 8.42 Å². The van der Waals surface area contributed by atoms with E-state index in [2.05, 4.69) is 5.92 Å². The van der Waals surface area contributed by atoms with Crippen molar-refractivity contribution in [2.24, 2.45) is 0 Å². The molecule has 0 bridgehead atoms. The van der Waals surface area contributed by atoms with Gasteiger partial charge in [-0.3, -0.25) is 4.79 Å². The normalized spacial score (nSPS) is 11.5. The topological polar surface area (TPSA) is 145 Å². The lowest BCUT2D eigenvalue weighted by atomic mass is 10.5. The number of sulfone groups is 1. The van der Waals surface area contributed by atoms with Gasteiger partial charge in [-0.1, -0.05) is 5.92 Å². The Morgan fingerprint density at radius 1 is 0.571 bits per heavy atom. The van der Waals surface area contributed by atoms with E-state index in [4.69, 9.17) is 49.4 Å². The summed E-state index contributed by atoms with van der Waals surface area (Å²) in [4.78, 5) is 10.3. The maximum atomic E-state index is 12.0. The highest BCUT2D eigenvalue weighted by molar-refractivity contribution is 7.91. The summed E-state index contributed by atoms with van der Waals surface area (Å²) >= 11 is 0. The van der Waals surface area contributed by atoms with Crippen LogP contribution >= 0.6 is 0 Å². The minimum atomic E-state index is -3.26. The summed E-state index contributed by atoms with van der Waals surface area (Å²) in [6.45, 7) is 5.03. The van der Waals surface area contributed by atoms with Gasteiger partial charge in [0.1, 0.15) is 6.61 Å². The number of aliphatic carboxylic acids is 1. The van der Waals surface area contributed by atoms with Gasteiger partial charge in [-0.2, -0.15) is 0 Å². The third kappa shape index (κ3) is 28.8. The van der Waals surface area contributed by atoms with Crippen molar-refractivity contribution >= 4 is 15.8 Å². The predicted octanol–water partition coefficient (Wildman–Crippen LogP) is -0.358. The first-order chi connectivity index (χ1) is 17.0. The van der Waals surface area contributed by atoms with Crippen molar-refractivity contribution in [2.75, 3.05) is 117 Å². The van der Waals surface area contributed by atoms with E-state index in [9.17, 15) is 13.2 Å². The van der Waals surface area contributed by atoms with E-state index in [0.29, 0.717) is 72.7 Å². The highest BCUT2D eigenvalue weighted by Gasteiger charge is 2.10. The quantitative estimate of drug-likeness (QED) is 0.105. The van der Waals surface area contributed by atoms with Crippen LogP contribution in [-0.4, -0.2) is 137 Å². The van der Waals surface area contributed by atoms with Gasteiger partial charge in [0.2, 0.25) is 0 Å². The zero-order chi connectivity index (χ0) is 25.9. The SMILES string of the molecule is C#CCOCCOCCOCCOCCS(=O)(=O)CCOCCOCCOCCOCCC(=O)O. The Labute approximate surface area is 208 Å². The molecule has 12 nitrogen and oxygen atoms in total. The van der Waals surface area contributed by atoms with Crippen LogP contribution in [0.1, 0.15) is 6.42 Å². The monoisotopic (exact) mass is 528 g/mol. The molecule has 0 atom stereocenters. The number of carboxylic acid groups (broad SMARTS) is 1. The molecule has 0 radical (unpaired) electrons. The van der Waals surface area contributed by atoms with Gasteiger partial charge in [0, 0.05) is 0 Å². The first-order valence-corrected chi connectivity index (χ1v) is 13.3. The highest BCUT2D eigenvalue weighted by atomic mass is 32.2. The minimum absolute atomic E-state index is 0.0304. The lowest BCUT2D eigenvalue weighted by Gasteiger charge is -2.08. The zero-order valence-electron chi connectivity index (χ0n) is 20.4. The Balaban J connectivity index is 3.32. The zero-order valence-corrected chi connectivity index (χ0v) is 21.2. The molecule has 0 heterocycles. The number of carbonyl (C=O) groups is 1. The smallest absolute Gasteiger partial charge is 0.305 e. The molecule has 206 valence electrons. The number of hydrogen-bond donors (Lipinski definition) is 1. The van der Waals surface area contributed by atoms with Crippen molar-refractivity contribution in [3.8, 4) is 12.3 Å². The Morgan fingerprint density at radius 3 is 1.23 bits per heavy atom. The van der Waals surface area contributed by atoms with Crippen molar-refractivity contribution in [2.45, 2.75) is 6.42 Å². The van der Waals surface area contributed by atoms with Crippen molar-refractivity contribution < 1.29 is 56.2 Å². The van der Waals surface area contributed by atoms with Gasteiger partial charge >= 0.3 is 5.97 Å². The van der Waals surface area contributed by atoms with Gasteiger partial charge in [0.25, 0.3) is 0 Å². The Bertz CT molecular complexity index is 620. The van der Waals surface area contributed by atoms with Crippen LogP contribution in [0.2, 0.25) is 0 Å². The van der Waals surface area contributed by atoms with Crippen LogP contribution in [0, 0.1) is 12.3 Å². The van der Waals surface area contributed by atoms with E-state index in [1.165, 1.54) is 0 Å². The second kappa shape index (κ2) is 25.7. The summed E-state index contributed by atoms with van der Waals surface area (Å²) in [5.74, 6) is 1.30. The minimum Gasteiger partial charge on any atom is -0.481 e. The van der Waals surface area contributed by atoms with Crippen molar-refractivity contribution in [3.05, 3.63) is 0 Å². The Morgan fingerprint density at radius 2 is 0.886 bits per heavy atom. The van der Waals surface area contributed by atoms with Crippen LogP contribution in [0.3, 0.4) is 0 Å². The maximum Gasteiger partial charge on any atom is 0.305 e. The van der Waals surface area contributed by atoms with Crippen LogP contribution in [0.4, 0.5) is 0 Å². The molecule has 0 amide bonds. The number of carboxylic acids is 1. The molecule has 0 aromatic carbocycles. The third-order valence-corrected chi connectivity index (χ3v) is 5.53. The molecule has 0 rings (SSSR count). The van der Waals surface area contributed by atoms with E-state index in [1.54, 1.807) is 0 Å². The summed E-state index contributed by atoms with van der Waals surface area (Å²) in [6, 6.07) is 0. The van der Waals surface area contributed by atoms with Gasteiger partial charge < -0.3 is 43.0 Å². The molecular formula is C22H40O12S. The van der Waals surface area contributed by atoms with Gasteiger partial charge in [0.05, 0.1) is 117 Å². The van der Waals surface area contributed by atoms with E-state index < -0.39 is 15.8 Å². The Hall–Kier alpha value is -1.34. The molecule has 0 aliphatic rings. The second-order valence-electron chi connectivity index (χ2n) is 6.84. The van der Waals surface area contributed by atoms with Gasteiger partial charge in [-0.05, 0) is 0 Å². The summed E-state index contributed by atoms with van der Waals surface area (Å²) in [7, 11) is -3.26. The molecule has 0 aromatic rings. The number of hydrogen-bond acceptors (Lipinski definition) is 11. The highest BCUT2D eigenvalue weighted by Crippen LogP contribution is 1.93. The number of ether oxygens (including phenoxy) is 8. The standard InChI is InChI=1S/C22H40O12S/c1-2-4-27-6-8-29-10-12-31-14-16-33-18-20-35(25,26)21-19-34-17-15-32-13-11-30-9-7-28-5-3-22(23)24/h1H,3-21H2,(H,23,24). The lowest BCUT2D eigenvalue weighted by molar-refractivity contribution is -0.138. The molecule has 0 fully saturated rings. The van der Waals surface area contributed by atoms with Gasteiger partial charge in [-0.15, -0.1) is 6.42 Å². The first-order valence-electron chi connectivity index (χ1n) is 11.5. The van der Waals surface area contributed by atoms with Crippen molar-refractivity contribution in [1.29, 1.82) is 0 Å². The summed E-state index contributed by atoms with van der Waals surface area (Å²) in [5.41, 5.74) is 0. The fourth-order valence-corrected chi connectivity index (χ4v) is 3.13. The molecule has 0 saturated carbocycles. The van der Waals surface area contributed by atoms with Crippen LogP contribution in [-0.2, 0) is 52.5 Å². The first kappa shape index (κ1) is 33.7. The third-order valence-electron chi connectivity index (χ3n) is 3.96. The Kier molecular flexibility index (Phi) is 24.8. The van der Waals surface area contributed by atoms with Crippen LogP contribution < -0.4 is 0 Å². The summed E-state index contributed by atoms with van der Waals surface area (Å²) < 4.78 is 65.7. The maximum absolute atomic E-state index is 12.0.